The lowest BCUT2D eigenvalue weighted by atomic mass is 10.1. The van der Waals surface area contributed by atoms with E-state index >= 15 is 0 Å². The number of hydrogen-bond donors (Lipinski definition) is 1. The number of amides is 1. The summed E-state index contributed by atoms with van der Waals surface area (Å²) in [6.07, 6.45) is 6.59. The molecule has 0 saturated carbocycles. The number of nitrogens with zero attached hydrogens (tertiary/aromatic N) is 5. The molecule has 0 fully saturated rings. The summed E-state index contributed by atoms with van der Waals surface area (Å²) in [5, 5.41) is 7.08. The summed E-state index contributed by atoms with van der Waals surface area (Å²) in [7, 11) is -3.27. The summed E-state index contributed by atoms with van der Waals surface area (Å²) in [6, 6.07) is 1.70. The Kier molecular flexibility index (Phi) is 5.09. The second-order valence-electron chi connectivity index (χ2n) is 5.75. The third kappa shape index (κ3) is 3.85. The summed E-state index contributed by atoms with van der Waals surface area (Å²) in [5.41, 5.74) is 1.11. The normalized spacial score (nSPS) is 17.9. The van der Waals surface area contributed by atoms with Gasteiger partial charge in [-0.05, 0) is 19.4 Å². The minimum absolute atomic E-state index is 0.0667. The summed E-state index contributed by atoms with van der Waals surface area (Å²) >= 11 is 0. The number of carbonyl (C=O) groups excluding carboxylic acids is 1. The van der Waals surface area contributed by atoms with Gasteiger partial charge in [0.1, 0.15) is 5.69 Å². The highest BCUT2D eigenvalue weighted by atomic mass is 32.2. The minimum Gasteiger partial charge on any atom is -0.351 e. The van der Waals surface area contributed by atoms with Gasteiger partial charge in [-0.2, -0.15) is 9.40 Å². The molecule has 0 aromatic carbocycles. The largest absolute Gasteiger partial charge is 0.351 e. The lowest BCUT2D eigenvalue weighted by Gasteiger charge is -2.33. The SMILES string of the molecule is CCS(=O)(=O)N1Cc2ccnn2C(CCNC(=O)c2cnccn2)C1. The van der Waals surface area contributed by atoms with Gasteiger partial charge in [-0.1, -0.05) is 0 Å². The predicted molar refractivity (Wildman–Crippen MR) is 90.1 cm³/mol. The van der Waals surface area contributed by atoms with Gasteiger partial charge in [0, 0.05) is 31.7 Å². The fourth-order valence-corrected chi connectivity index (χ4v) is 3.91. The van der Waals surface area contributed by atoms with Gasteiger partial charge in [0.05, 0.1) is 30.2 Å². The van der Waals surface area contributed by atoms with Crippen LogP contribution in [-0.4, -0.2) is 57.2 Å². The molecule has 2 aromatic rings. The third-order valence-electron chi connectivity index (χ3n) is 4.17. The van der Waals surface area contributed by atoms with Gasteiger partial charge < -0.3 is 5.32 Å². The van der Waals surface area contributed by atoms with Gasteiger partial charge in [0.15, 0.2) is 0 Å². The molecule has 1 atom stereocenters. The maximum atomic E-state index is 12.2. The van der Waals surface area contributed by atoms with Crippen molar-refractivity contribution in [3.63, 3.8) is 0 Å². The standard InChI is InChI=1S/C15H20N6O3S/c1-2-25(23,24)20-10-12(21-13(11-20)4-6-19-21)3-5-18-15(22)14-9-16-7-8-17-14/h4,6-9,12H,2-3,5,10-11H2,1H3,(H,18,22). The summed E-state index contributed by atoms with van der Waals surface area (Å²) in [4.78, 5) is 19.8. The third-order valence-corrected chi connectivity index (χ3v) is 5.96. The predicted octanol–water partition coefficient (Wildman–Crippen LogP) is 0.200. The highest BCUT2D eigenvalue weighted by Gasteiger charge is 2.31. The maximum Gasteiger partial charge on any atom is 0.271 e. The van der Waals surface area contributed by atoms with Crippen molar-refractivity contribution >= 4 is 15.9 Å². The van der Waals surface area contributed by atoms with Crippen molar-refractivity contribution in [2.75, 3.05) is 18.8 Å². The van der Waals surface area contributed by atoms with E-state index in [2.05, 4.69) is 20.4 Å². The minimum atomic E-state index is -3.27. The van der Waals surface area contributed by atoms with Crippen LogP contribution in [0.3, 0.4) is 0 Å². The van der Waals surface area contributed by atoms with Crippen molar-refractivity contribution in [2.45, 2.75) is 25.9 Å². The number of fused-ring (bicyclic) bond motifs is 1. The molecule has 1 aliphatic heterocycles. The zero-order chi connectivity index (χ0) is 17.9. The number of sulfonamides is 1. The Labute approximate surface area is 146 Å². The fraction of sp³-hybridized carbons (Fsp3) is 0.467. The van der Waals surface area contributed by atoms with Crippen molar-refractivity contribution in [3.8, 4) is 0 Å². The zero-order valence-corrected chi connectivity index (χ0v) is 14.7. The van der Waals surface area contributed by atoms with Crippen LogP contribution in [0.25, 0.3) is 0 Å². The van der Waals surface area contributed by atoms with Crippen LogP contribution in [0.1, 0.15) is 35.6 Å². The van der Waals surface area contributed by atoms with E-state index in [-0.39, 0.29) is 23.4 Å². The van der Waals surface area contributed by atoms with Gasteiger partial charge >= 0.3 is 0 Å². The first-order valence-corrected chi connectivity index (χ1v) is 9.66. The first-order chi connectivity index (χ1) is 12.0. The molecule has 0 radical (unpaired) electrons. The van der Waals surface area contributed by atoms with E-state index in [1.165, 1.54) is 22.9 Å². The van der Waals surface area contributed by atoms with Crippen LogP contribution in [0.4, 0.5) is 0 Å². The molecule has 25 heavy (non-hydrogen) atoms. The molecule has 1 aliphatic rings. The molecule has 0 bridgehead atoms. The fourth-order valence-electron chi connectivity index (χ4n) is 2.82. The first kappa shape index (κ1) is 17.5. The lowest BCUT2D eigenvalue weighted by molar-refractivity contribution is 0.0944. The first-order valence-electron chi connectivity index (χ1n) is 8.05. The molecular weight excluding hydrogens is 344 g/mol. The Bertz CT molecular complexity index is 836. The summed E-state index contributed by atoms with van der Waals surface area (Å²) in [6.45, 7) is 2.71. The maximum absolute atomic E-state index is 12.2. The molecule has 134 valence electrons. The van der Waals surface area contributed by atoms with Crippen molar-refractivity contribution in [1.29, 1.82) is 0 Å². The van der Waals surface area contributed by atoms with Crippen LogP contribution in [0.5, 0.6) is 0 Å². The molecule has 1 N–H and O–H groups in total. The molecule has 10 heteroatoms. The Morgan fingerprint density at radius 1 is 1.36 bits per heavy atom. The molecule has 0 saturated heterocycles. The number of rotatable bonds is 6. The highest BCUT2D eigenvalue weighted by Crippen LogP contribution is 2.24. The average molecular weight is 364 g/mol. The lowest BCUT2D eigenvalue weighted by Crippen LogP contribution is -2.42. The van der Waals surface area contributed by atoms with Crippen molar-refractivity contribution in [3.05, 3.63) is 42.2 Å². The zero-order valence-electron chi connectivity index (χ0n) is 13.9. The number of nitrogens with one attached hydrogen (secondary N) is 1. The number of carbonyl (C=O) groups is 1. The smallest absolute Gasteiger partial charge is 0.271 e. The molecule has 3 rings (SSSR count). The van der Waals surface area contributed by atoms with Crippen LogP contribution >= 0.6 is 0 Å². The molecule has 3 heterocycles. The van der Waals surface area contributed by atoms with Crippen LogP contribution in [0.15, 0.2) is 30.9 Å². The summed E-state index contributed by atoms with van der Waals surface area (Å²) in [5.74, 6) is -0.236. The van der Waals surface area contributed by atoms with Crippen molar-refractivity contribution in [2.24, 2.45) is 0 Å². The van der Waals surface area contributed by atoms with E-state index in [9.17, 15) is 13.2 Å². The van der Waals surface area contributed by atoms with E-state index < -0.39 is 10.0 Å². The monoisotopic (exact) mass is 364 g/mol. The summed E-state index contributed by atoms with van der Waals surface area (Å²) < 4.78 is 27.7. The van der Waals surface area contributed by atoms with Gasteiger partial charge in [0.2, 0.25) is 10.0 Å². The molecule has 0 aliphatic carbocycles. The Morgan fingerprint density at radius 2 is 2.20 bits per heavy atom. The van der Waals surface area contributed by atoms with Crippen molar-refractivity contribution in [1.82, 2.24) is 29.4 Å². The second-order valence-corrected chi connectivity index (χ2v) is 8.01. The molecule has 1 amide bonds. The van der Waals surface area contributed by atoms with Crippen LogP contribution in [-0.2, 0) is 16.6 Å². The van der Waals surface area contributed by atoms with Crippen LogP contribution in [0, 0.1) is 0 Å². The van der Waals surface area contributed by atoms with Crippen molar-refractivity contribution < 1.29 is 13.2 Å². The second kappa shape index (κ2) is 7.28. The molecule has 2 aromatic heterocycles. The van der Waals surface area contributed by atoms with E-state index in [1.54, 1.807) is 13.1 Å². The number of aromatic nitrogens is 4. The van der Waals surface area contributed by atoms with Gasteiger partial charge in [-0.25, -0.2) is 13.4 Å². The van der Waals surface area contributed by atoms with E-state index in [0.717, 1.165) is 5.69 Å². The van der Waals surface area contributed by atoms with Crippen LogP contribution in [0.2, 0.25) is 0 Å². The van der Waals surface area contributed by atoms with Gasteiger partial charge in [0.25, 0.3) is 5.91 Å². The highest BCUT2D eigenvalue weighted by molar-refractivity contribution is 7.89. The van der Waals surface area contributed by atoms with Gasteiger partial charge in [-0.3, -0.25) is 14.5 Å². The Hall–Kier alpha value is -2.33. The van der Waals surface area contributed by atoms with E-state index in [0.29, 0.717) is 26.1 Å². The van der Waals surface area contributed by atoms with E-state index in [4.69, 9.17) is 0 Å². The Morgan fingerprint density at radius 3 is 2.92 bits per heavy atom. The molecule has 9 nitrogen and oxygen atoms in total. The molecule has 0 spiro atoms. The average Bonchev–Trinajstić information content (AvgIpc) is 3.11. The Balaban J connectivity index is 1.64. The van der Waals surface area contributed by atoms with Crippen LogP contribution < -0.4 is 5.32 Å². The molecular formula is C15H20N6O3S. The quantitative estimate of drug-likeness (QED) is 0.784. The molecule has 1 unspecified atom stereocenters. The topological polar surface area (TPSA) is 110 Å². The number of hydrogen-bond acceptors (Lipinski definition) is 6. The van der Waals surface area contributed by atoms with E-state index in [1.807, 2.05) is 10.7 Å². The van der Waals surface area contributed by atoms with Gasteiger partial charge in [-0.15, -0.1) is 0 Å².